The zero-order chi connectivity index (χ0) is 17.9. The fourth-order valence-electron chi connectivity index (χ4n) is 2.04. The zero-order valence-corrected chi connectivity index (χ0v) is 15.2. The van der Waals surface area contributed by atoms with Crippen molar-refractivity contribution in [3.05, 3.63) is 29.8 Å². The van der Waals surface area contributed by atoms with Crippen molar-refractivity contribution in [3.8, 4) is 0 Å². The van der Waals surface area contributed by atoms with Crippen molar-refractivity contribution in [1.29, 1.82) is 0 Å². The van der Waals surface area contributed by atoms with Gasteiger partial charge in [-0.25, -0.2) is 4.68 Å². The monoisotopic (exact) mass is 347 g/mol. The molecule has 24 heavy (non-hydrogen) atoms. The van der Waals surface area contributed by atoms with Crippen LogP contribution in [0.5, 0.6) is 0 Å². The Hall–Kier alpha value is -2.22. The first-order valence-corrected chi connectivity index (χ1v) is 8.44. The fraction of sp³-hybridized carbons (Fsp3) is 0.438. The van der Waals surface area contributed by atoms with Gasteiger partial charge in [-0.05, 0) is 62.4 Å². The van der Waals surface area contributed by atoms with Crippen molar-refractivity contribution in [3.63, 3.8) is 0 Å². The minimum atomic E-state index is -0.330. The van der Waals surface area contributed by atoms with Gasteiger partial charge in [0.25, 0.3) is 0 Å². The van der Waals surface area contributed by atoms with Crippen LogP contribution in [0, 0.1) is 0 Å². The van der Waals surface area contributed by atoms with E-state index in [9.17, 15) is 9.59 Å². The molecule has 0 aliphatic rings. The van der Waals surface area contributed by atoms with E-state index in [4.69, 9.17) is 0 Å². The van der Waals surface area contributed by atoms with Crippen LogP contribution in [0.4, 0.5) is 5.69 Å². The predicted molar refractivity (Wildman–Crippen MR) is 93.2 cm³/mol. The molecular formula is C16H21N5O2S. The van der Waals surface area contributed by atoms with Crippen molar-refractivity contribution < 1.29 is 9.59 Å². The lowest BCUT2D eigenvalue weighted by atomic mass is 10.1. The van der Waals surface area contributed by atoms with Crippen LogP contribution >= 0.6 is 11.8 Å². The highest BCUT2D eigenvalue weighted by Gasteiger charge is 2.24. The van der Waals surface area contributed by atoms with Crippen LogP contribution in [0.1, 0.15) is 45.0 Å². The number of Topliss-reactive ketones (excluding diaryl/α,β-unsaturated/α-hetero) is 1. The largest absolute Gasteiger partial charge is 0.326 e. The highest BCUT2D eigenvalue weighted by Crippen LogP contribution is 2.27. The molecule has 2 rings (SSSR count). The molecule has 1 heterocycles. The number of hydrogen-bond donors (Lipinski definition) is 1. The lowest BCUT2D eigenvalue weighted by Crippen LogP contribution is -2.25. The second-order valence-electron chi connectivity index (χ2n) is 6.43. The third kappa shape index (κ3) is 4.41. The third-order valence-electron chi connectivity index (χ3n) is 3.22. The molecule has 0 aliphatic carbocycles. The number of nitrogens with one attached hydrogen (secondary N) is 1. The number of thioether (sulfide) groups is 1. The van der Waals surface area contributed by atoms with Crippen molar-refractivity contribution in [2.75, 3.05) is 5.32 Å². The molecule has 2 aromatic rings. The second-order valence-corrected chi connectivity index (χ2v) is 7.73. The lowest BCUT2D eigenvalue weighted by Gasteiger charge is -2.20. The van der Waals surface area contributed by atoms with E-state index in [-0.39, 0.29) is 22.5 Å². The number of aromatic nitrogens is 4. The van der Waals surface area contributed by atoms with E-state index in [1.807, 2.05) is 27.7 Å². The summed E-state index contributed by atoms with van der Waals surface area (Å²) in [7, 11) is 0. The molecule has 0 spiro atoms. The summed E-state index contributed by atoms with van der Waals surface area (Å²) in [6, 6.07) is 6.84. The van der Waals surface area contributed by atoms with E-state index in [0.29, 0.717) is 16.4 Å². The van der Waals surface area contributed by atoms with Gasteiger partial charge in [0.2, 0.25) is 11.1 Å². The lowest BCUT2D eigenvalue weighted by molar-refractivity contribution is -0.114. The van der Waals surface area contributed by atoms with Crippen LogP contribution in [0.2, 0.25) is 0 Å². The SMILES string of the molecule is CC(=O)Nc1ccc(C(=O)[C@@H](C)Sc2nnnn2C(C)(C)C)cc1. The number of benzene rings is 1. The molecule has 0 fully saturated rings. The van der Waals surface area contributed by atoms with Crippen LogP contribution in [-0.2, 0) is 10.3 Å². The number of carbonyl (C=O) groups excluding carboxylic acids is 2. The minimum Gasteiger partial charge on any atom is -0.326 e. The van der Waals surface area contributed by atoms with Gasteiger partial charge in [0.15, 0.2) is 5.78 Å². The Morgan fingerprint density at radius 3 is 2.38 bits per heavy atom. The molecule has 1 aromatic carbocycles. The number of tetrazole rings is 1. The molecule has 8 heteroatoms. The van der Waals surface area contributed by atoms with Gasteiger partial charge in [-0.2, -0.15) is 0 Å². The van der Waals surface area contributed by atoms with Crippen molar-refractivity contribution in [2.24, 2.45) is 0 Å². The van der Waals surface area contributed by atoms with Gasteiger partial charge in [-0.1, -0.05) is 11.8 Å². The average molecular weight is 347 g/mol. The summed E-state index contributed by atoms with van der Waals surface area (Å²) >= 11 is 1.33. The molecule has 0 bridgehead atoms. The molecular weight excluding hydrogens is 326 g/mol. The first-order chi connectivity index (χ1) is 11.2. The molecule has 0 saturated heterocycles. The number of carbonyl (C=O) groups is 2. The maximum atomic E-state index is 12.6. The number of rotatable bonds is 5. The maximum absolute atomic E-state index is 12.6. The molecule has 1 amide bonds. The quantitative estimate of drug-likeness (QED) is 0.661. The summed E-state index contributed by atoms with van der Waals surface area (Å²) in [5.74, 6) is -0.162. The first kappa shape index (κ1) is 18.1. The summed E-state index contributed by atoms with van der Waals surface area (Å²) < 4.78 is 1.71. The summed E-state index contributed by atoms with van der Waals surface area (Å²) in [6.45, 7) is 9.27. The zero-order valence-electron chi connectivity index (χ0n) is 14.4. The molecule has 0 aliphatic heterocycles. The number of hydrogen-bond acceptors (Lipinski definition) is 6. The van der Waals surface area contributed by atoms with Crippen molar-refractivity contribution >= 4 is 29.1 Å². The van der Waals surface area contributed by atoms with Crippen molar-refractivity contribution in [1.82, 2.24) is 20.2 Å². The van der Waals surface area contributed by atoms with E-state index in [1.165, 1.54) is 18.7 Å². The summed E-state index contributed by atoms with van der Waals surface area (Å²) in [4.78, 5) is 23.6. The molecule has 7 nitrogen and oxygen atoms in total. The Balaban J connectivity index is 2.10. The van der Waals surface area contributed by atoms with Crippen molar-refractivity contribution in [2.45, 2.75) is 50.6 Å². The van der Waals surface area contributed by atoms with E-state index in [0.717, 1.165) is 0 Å². The molecule has 0 radical (unpaired) electrons. The van der Waals surface area contributed by atoms with Gasteiger partial charge >= 0.3 is 0 Å². The smallest absolute Gasteiger partial charge is 0.221 e. The molecule has 1 aromatic heterocycles. The minimum absolute atomic E-state index is 0.0159. The normalized spacial score (nSPS) is 12.7. The van der Waals surface area contributed by atoms with Gasteiger partial charge in [0.1, 0.15) is 0 Å². The van der Waals surface area contributed by atoms with Gasteiger partial charge in [-0.3, -0.25) is 9.59 Å². The predicted octanol–water partition coefficient (Wildman–Crippen LogP) is 2.75. The van der Waals surface area contributed by atoms with E-state index < -0.39 is 0 Å². The molecule has 128 valence electrons. The van der Waals surface area contributed by atoms with Crippen LogP contribution < -0.4 is 5.32 Å². The summed E-state index contributed by atoms with van der Waals surface area (Å²) in [6.07, 6.45) is 0. The topological polar surface area (TPSA) is 89.8 Å². The molecule has 0 saturated carbocycles. The first-order valence-electron chi connectivity index (χ1n) is 7.56. The number of anilines is 1. The van der Waals surface area contributed by atoms with Crippen LogP contribution in [0.25, 0.3) is 0 Å². The van der Waals surface area contributed by atoms with Gasteiger partial charge in [-0.15, -0.1) is 5.10 Å². The van der Waals surface area contributed by atoms with E-state index in [2.05, 4.69) is 20.8 Å². The number of ketones is 1. The maximum Gasteiger partial charge on any atom is 0.221 e. The molecule has 1 atom stereocenters. The van der Waals surface area contributed by atoms with Crippen LogP contribution in [0.15, 0.2) is 29.4 Å². The standard InChI is InChI=1S/C16H21N5O2S/c1-10(24-15-18-19-20-21(15)16(3,4)5)14(23)12-6-8-13(9-7-12)17-11(2)22/h6-10H,1-5H3,(H,17,22)/t10-/m1/s1. The Kier molecular flexibility index (Phi) is 5.38. The average Bonchev–Trinajstić information content (AvgIpc) is 2.95. The van der Waals surface area contributed by atoms with E-state index >= 15 is 0 Å². The Morgan fingerprint density at radius 2 is 1.83 bits per heavy atom. The summed E-state index contributed by atoms with van der Waals surface area (Å²) in [5, 5.41) is 14.7. The highest BCUT2D eigenvalue weighted by atomic mass is 32.2. The number of amides is 1. The van der Waals surface area contributed by atoms with Gasteiger partial charge in [0.05, 0.1) is 10.8 Å². The third-order valence-corrected chi connectivity index (χ3v) is 4.25. The fourth-order valence-corrected chi connectivity index (χ4v) is 3.09. The Labute approximate surface area is 145 Å². The van der Waals surface area contributed by atoms with Gasteiger partial charge in [0, 0.05) is 18.2 Å². The van der Waals surface area contributed by atoms with E-state index in [1.54, 1.807) is 28.9 Å². The molecule has 0 unspecified atom stereocenters. The highest BCUT2D eigenvalue weighted by molar-refractivity contribution is 8.00. The number of nitrogens with zero attached hydrogens (tertiary/aromatic N) is 4. The Morgan fingerprint density at radius 1 is 1.21 bits per heavy atom. The second kappa shape index (κ2) is 7.12. The van der Waals surface area contributed by atoms with Crippen LogP contribution in [0.3, 0.4) is 0 Å². The van der Waals surface area contributed by atoms with Crippen LogP contribution in [-0.4, -0.2) is 37.1 Å². The molecule has 1 N–H and O–H groups in total. The van der Waals surface area contributed by atoms with Gasteiger partial charge < -0.3 is 5.32 Å². The Bertz CT molecular complexity index is 734. The summed E-state index contributed by atoms with van der Waals surface area (Å²) in [5.41, 5.74) is 0.990.